The largest absolute Gasteiger partial charge is 0.457 e. The van der Waals surface area contributed by atoms with Crippen molar-refractivity contribution in [1.29, 1.82) is 0 Å². The number of hydrogen-bond donors (Lipinski definition) is 2. The fraction of sp³-hybridized carbons (Fsp3) is 0.414. The highest BCUT2D eigenvalue weighted by Crippen LogP contribution is 2.63. The third kappa shape index (κ3) is 4.15. The number of aliphatic hydroxyl groups is 2. The Labute approximate surface area is 205 Å². The molecule has 2 aromatic rings. The van der Waals surface area contributed by atoms with Gasteiger partial charge >= 0.3 is 5.97 Å². The first-order chi connectivity index (χ1) is 16.9. The lowest BCUT2D eigenvalue weighted by Gasteiger charge is -2.49. The summed E-state index contributed by atoms with van der Waals surface area (Å²) in [5, 5.41) is 20.3. The van der Waals surface area contributed by atoms with Crippen molar-refractivity contribution in [3.05, 3.63) is 89.0 Å². The summed E-state index contributed by atoms with van der Waals surface area (Å²) in [6.07, 6.45) is 3.31. The van der Waals surface area contributed by atoms with E-state index in [1.54, 1.807) is 6.08 Å². The van der Waals surface area contributed by atoms with Crippen LogP contribution >= 0.6 is 0 Å². The van der Waals surface area contributed by atoms with Crippen LogP contribution in [0.4, 0.5) is 0 Å². The Morgan fingerprint density at radius 1 is 1.17 bits per heavy atom. The van der Waals surface area contributed by atoms with Crippen LogP contribution in [0.3, 0.4) is 0 Å². The van der Waals surface area contributed by atoms with Crippen LogP contribution in [0.2, 0.25) is 0 Å². The molecule has 35 heavy (non-hydrogen) atoms. The van der Waals surface area contributed by atoms with Crippen molar-refractivity contribution >= 4 is 12.0 Å². The Morgan fingerprint density at radius 2 is 1.86 bits per heavy atom. The van der Waals surface area contributed by atoms with Gasteiger partial charge in [0.1, 0.15) is 30.0 Å². The minimum Gasteiger partial charge on any atom is -0.457 e. The number of benzene rings is 2. The molecular weight excluding hydrogens is 444 g/mol. The highest BCUT2D eigenvalue weighted by Gasteiger charge is 2.69. The Kier molecular flexibility index (Phi) is 6.40. The van der Waals surface area contributed by atoms with Crippen LogP contribution in [-0.4, -0.2) is 46.9 Å². The summed E-state index contributed by atoms with van der Waals surface area (Å²) in [6.45, 7) is 3.43. The van der Waals surface area contributed by atoms with Gasteiger partial charge in [0.15, 0.2) is 6.29 Å². The maximum atomic E-state index is 12.2. The molecule has 2 aromatic carbocycles. The molecule has 6 atom stereocenters. The van der Waals surface area contributed by atoms with Crippen molar-refractivity contribution in [1.82, 2.24) is 0 Å². The Balaban J connectivity index is 1.56. The molecule has 0 aromatic heterocycles. The normalized spacial score (nSPS) is 32.6. The molecule has 2 heterocycles. The lowest BCUT2D eigenvalue weighted by atomic mass is 9.75. The monoisotopic (exact) mass is 476 g/mol. The van der Waals surface area contributed by atoms with E-state index >= 15 is 0 Å². The molecule has 3 aliphatic rings. The first kappa shape index (κ1) is 23.9. The Morgan fingerprint density at radius 3 is 2.54 bits per heavy atom. The van der Waals surface area contributed by atoms with Gasteiger partial charge in [0.2, 0.25) is 0 Å². The molecule has 2 bridgehead atoms. The molecule has 1 unspecified atom stereocenters. The summed E-state index contributed by atoms with van der Waals surface area (Å²) < 4.78 is 19.1. The summed E-state index contributed by atoms with van der Waals surface area (Å²) in [7, 11) is 0. The lowest BCUT2D eigenvalue weighted by Crippen LogP contribution is -2.55. The first-order valence-corrected chi connectivity index (χ1v) is 12.2. The fourth-order valence-corrected chi connectivity index (χ4v) is 6.17. The zero-order chi connectivity index (χ0) is 24.6. The van der Waals surface area contributed by atoms with Crippen LogP contribution in [0, 0.1) is 5.92 Å². The second-order valence-electron chi connectivity index (χ2n) is 9.89. The van der Waals surface area contributed by atoms with Crippen molar-refractivity contribution in [2.75, 3.05) is 6.61 Å². The van der Waals surface area contributed by atoms with Crippen LogP contribution < -0.4 is 0 Å². The van der Waals surface area contributed by atoms with Gasteiger partial charge in [-0.2, -0.15) is 0 Å². The van der Waals surface area contributed by atoms with Gasteiger partial charge < -0.3 is 24.4 Å². The van der Waals surface area contributed by atoms with Crippen LogP contribution in [0.1, 0.15) is 44.2 Å². The molecule has 0 spiro atoms. The van der Waals surface area contributed by atoms with E-state index in [1.807, 2.05) is 73.7 Å². The molecule has 5 rings (SSSR count). The molecule has 6 nitrogen and oxygen atoms in total. The zero-order valence-corrected chi connectivity index (χ0v) is 20.1. The molecule has 0 amide bonds. The topological polar surface area (TPSA) is 85.2 Å². The number of hydrogen-bond acceptors (Lipinski definition) is 6. The summed E-state index contributed by atoms with van der Waals surface area (Å²) in [5.41, 5.74) is 2.50. The fourth-order valence-electron chi connectivity index (χ4n) is 6.17. The smallest absolute Gasteiger partial charge is 0.332 e. The number of rotatable bonds is 7. The third-order valence-electron chi connectivity index (χ3n) is 7.80. The molecule has 2 saturated heterocycles. The minimum atomic E-state index is -1.16. The van der Waals surface area contributed by atoms with Gasteiger partial charge in [-0.15, -0.1) is 0 Å². The number of fused-ring (bicyclic) bond motifs is 4. The molecule has 0 saturated carbocycles. The molecule has 0 radical (unpaired) electrons. The standard InChI is InChI=1S/C29H32O6/c1-19-13-15-22-26(19)27(34-24(31)16-14-20-9-5-3-6-10-20)29(21-11-7-4-8-12-21)17-23(28(22,2)35-29)33-25(32)18-30/h3-12,14,16,22-24,27,30-31H,13,15,17-18H2,1-2H3/b16-14+/t22-,23-,24?,27+,28+,29-/m1/s1. The van der Waals surface area contributed by atoms with Gasteiger partial charge in [-0.05, 0) is 49.5 Å². The van der Waals surface area contributed by atoms with Crippen molar-refractivity contribution in [3.8, 4) is 0 Å². The van der Waals surface area contributed by atoms with E-state index < -0.39 is 42.3 Å². The number of ether oxygens (including phenoxy) is 3. The predicted octanol–water partition coefficient (Wildman–Crippen LogP) is 4.12. The Bertz CT molecular complexity index is 1130. The van der Waals surface area contributed by atoms with Gasteiger partial charge in [0, 0.05) is 12.3 Å². The zero-order valence-electron chi connectivity index (χ0n) is 20.1. The molecule has 1 aliphatic carbocycles. The van der Waals surface area contributed by atoms with E-state index in [9.17, 15) is 15.0 Å². The maximum absolute atomic E-state index is 12.2. The average molecular weight is 477 g/mol. The van der Waals surface area contributed by atoms with Crippen LogP contribution in [-0.2, 0) is 24.6 Å². The van der Waals surface area contributed by atoms with E-state index in [4.69, 9.17) is 14.2 Å². The summed E-state index contributed by atoms with van der Waals surface area (Å²) in [6, 6.07) is 19.6. The molecular formula is C29H32O6. The minimum absolute atomic E-state index is 0.0198. The SMILES string of the molecule is CC1=C2[C@@H](CC1)[C@]1(C)O[C@@](c3ccccc3)(C[C@H]1OC(=O)CO)[C@H]2OC(O)/C=C/c1ccccc1. The van der Waals surface area contributed by atoms with E-state index in [1.165, 1.54) is 5.57 Å². The molecule has 6 heteroatoms. The second kappa shape index (κ2) is 9.36. The molecule has 2 fully saturated rings. The summed E-state index contributed by atoms with van der Waals surface area (Å²) >= 11 is 0. The van der Waals surface area contributed by atoms with Crippen molar-refractivity contribution in [2.24, 2.45) is 5.92 Å². The number of carbonyl (C=O) groups is 1. The predicted molar refractivity (Wildman–Crippen MR) is 131 cm³/mol. The van der Waals surface area contributed by atoms with Crippen molar-refractivity contribution < 1.29 is 29.2 Å². The Hall–Kier alpha value is -2.77. The summed E-state index contributed by atoms with van der Waals surface area (Å²) in [4.78, 5) is 12.2. The number of allylic oxidation sites excluding steroid dienone is 1. The molecule has 184 valence electrons. The van der Waals surface area contributed by atoms with Crippen LogP contribution in [0.15, 0.2) is 77.9 Å². The van der Waals surface area contributed by atoms with Gasteiger partial charge in [0.25, 0.3) is 0 Å². The second-order valence-corrected chi connectivity index (χ2v) is 9.89. The highest BCUT2D eigenvalue weighted by molar-refractivity contribution is 5.70. The van der Waals surface area contributed by atoms with Gasteiger partial charge in [-0.25, -0.2) is 4.79 Å². The van der Waals surface area contributed by atoms with Crippen LogP contribution in [0.25, 0.3) is 6.08 Å². The van der Waals surface area contributed by atoms with Gasteiger partial charge in [-0.3, -0.25) is 0 Å². The first-order valence-electron chi connectivity index (χ1n) is 12.2. The lowest BCUT2D eigenvalue weighted by molar-refractivity contribution is -0.238. The average Bonchev–Trinajstić information content (AvgIpc) is 3.39. The van der Waals surface area contributed by atoms with Gasteiger partial charge in [-0.1, -0.05) is 72.3 Å². The van der Waals surface area contributed by atoms with E-state index in [0.717, 1.165) is 29.5 Å². The van der Waals surface area contributed by atoms with E-state index in [0.29, 0.717) is 6.42 Å². The quantitative estimate of drug-likeness (QED) is 0.355. The van der Waals surface area contributed by atoms with Crippen molar-refractivity contribution in [2.45, 2.75) is 62.8 Å². The van der Waals surface area contributed by atoms with E-state index in [-0.39, 0.29) is 5.92 Å². The van der Waals surface area contributed by atoms with E-state index in [2.05, 4.69) is 6.92 Å². The van der Waals surface area contributed by atoms with Crippen molar-refractivity contribution in [3.63, 3.8) is 0 Å². The highest BCUT2D eigenvalue weighted by atomic mass is 16.6. The third-order valence-corrected chi connectivity index (χ3v) is 7.80. The summed E-state index contributed by atoms with van der Waals surface area (Å²) in [5.74, 6) is -0.687. The maximum Gasteiger partial charge on any atom is 0.332 e. The number of carbonyl (C=O) groups excluding carboxylic acids is 1. The molecule has 2 aliphatic heterocycles. The molecule has 2 N–H and O–H groups in total. The number of esters is 1. The van der Waals surface area contributed by atoms with Gasteiger partial charge in [0.05, 0.1) is 0 Å². The number of aliphatic hydroxyl groups excluding tert-OH is 2. The van der Waals surface area contributed by atoms with Crippen LogP contribution in [0.5, 0.6) is 0 Å².